The van der Waals surface area contributed by atoms with E-state index in [0.717, 1.165) is 36.9 Å². The highest BCUT2D eigenvalue weighted by Gasteiger charge is 2.37. The molecule has 1 aliphatic heterocycles. The van der Waals surface area contributed by atoms with Gasteiger partial charge in [0.25, 0.3) is 0 Å². The number of fused-ring (bicyclic) bond motifs is 5. The highest BCUT2D eigenvalue weighted by atomic mass is 35.5. The minimum Gasteiger partial charge on any atom is -0.506 e. The largest absolute Gasteiger partial charge is 0.506 e. The van der Waals surface area contributed by atoms with Crippen LogP contribution in [0.2, 0.25) is 5.02 Å². The lowest BCUT2D eigenvalue weighted by atomic mass is 9.74. The van der Waals surface area contributed by atoms with Crippen molar-refractivity contribution in [1.29, 1.82) is 0 Å². The zero-order valence-corrected chi connectivity index (χ0v) is 17.6. The van der Waals surface area contributed by atoms with Gasteiger partial charge >= 0.3 is 0 Å². The lowest BCUT2D eigenvalue weighted by Crippen LogP contribution is -2.39. The fourth-order valence-corrected chi connectivity index (χ4v) is 5.37. The maximum Gasteiger partial charge on any atom is 0.232 e. The van der Waals surface area contributed by atoms with E-state index in [0.29, 0.717) is 16.8 Å². The summed E-state index contributed by atoms with van der Waals surface area (Å²) in [6.45, 7) is 2.57. The van der Waals surface area contributed by atoms with Crippen molar-refractivity contribution in [3.05, 3.63) is 57.6 Å². The van der Waals surface area contributed by atoms with Crippen LogP contribution in [0.4, 0.5) is 5.69 Å². The molecule has 0 saturated carbocycles. The van der Waals surface area contributed by atoms with Crippen molar-refractivity contribution in [2.24, 2.45) is 0 Å². The predicted molar refractivity (Wildman–Crippen MR) is 113 cm³/mol. The first-order valence-corrected chi connectivity index (χ1v) is 11.7. The Balaban J connectivity index is 1.81. The van der Waals surface area contributed by atoms with Crippen LogP contribution < -0.4 is 4.72 Å². The molecule has 0 bridgehead atoms. The van der Waals surface area contributed by atoms with Crippen LogP contribution in [0.5, 0.6) is 5.75 Å². The first-order valence-electron chi connectivity index (χ1n) is 9.64. The van der Waals surface area contributed by atoms with Crippen LogP contribution in [0.25, 0.3) is 0 Å². The van der Waals surface area contributed by atoms with Gasteiger partial charge in [-0.05, 0) is 79.8 Å². The number of nitrogens with one attached hydrogen (secondary N) is 1. The fourth-order valence-electron chi connectivity index (χ4n) is 4.56. The molecule has 2 aromatic rings. The van der Waals surface area contributed by atoms with E-state index in [1.54, 1.807) is 6.92 Å². The lowest BCUT2D eigenvalue weighted by molar-refractivity contribution is 0.214. The van der Waals surface area contributed by atoms with E-state index in [1.807, 2.05) is 30.3 Å². The van der Waals surface area contributed by atoms with Gasteiger partial charge in [0.15, 0.2) is 0 Å². The SMILES string of the molecule is CCS(=O)(=O)Nc1ccc2c(c1)CCC1C2c2cc(O)c(Cl)cc2CCN1C. The topological polar surface area (TPSA) is 69.6 Å². The van der Waals surface area contributed by atoms with E-state index in [-0.39, 0.29) is 17.4 Å². The van der Waals surface area contributed by atoms with Crippen LogP contribution >= 0.6 is 11.6 Å². The Labute approximate surface area is 171 Å². The van der Waals surface area contributed by atoms with Crippen molar-refractivity contribution in [3.8, 4) is 5.75 Å². The minimum absolute atomic E-state index is 0.0486. The van der Waals surface area contributed by atoms with Crippen LogP contribution in [0.15, 0.2) is 30.3 Å². The first-order chi connectivity index (χ1) is 13.3. The summed E-state index contributed by atoms with van der Waals surface area (Å²) in [5, 5.41) is 10.6. The molecule has 2 unspecified atom stereocenters. The number of rotatable bonds is 3. The van der Waals surface area contributed by atoms with Gasteiger partial charge in [0.2, 0.25) is 10.0 Å². The number of phenols is 1. The Hall–Kier alpha value is -1.76. The van der Waals surface area contributed by atoms with E-state index in [9.17, 15) is 13.5 Å². The third-order valence-corrected chi connectivity index (χ3v) is 7.68. The molecule has 0 aromatic heterocycles. The van der Waals surface area contributed by atoms with Crippen molar-refractivity contribution < 1.29 is 13.5 Å². The molecular formula is C21H25ClN2O3S. The molecule has 2 N–H and O–H groups in total. The number of hydrogen-bond acceptors (Lipinski definition) is 4. The average Bonchev–Trinajstić information content (AvgIpc) is 2.79. The first kappa shape index (κ1) is 19.6. The summed E-state index contributed by atoms with van der Waals surface area (Å²) in [4.78, 5) is 2.40. The zero-order valence-electron chi connectivity index (χ0n) is 16.1. The summed E-state index contributed by atoms with van der Waals surface area (Å²) in [7, 11) is -1.15. The maximum absolute atomic E-state index is 11.9. The van der Waals surface area contributed by atoms with Crippen LogP contribution in [0.1, 0.15) is 41.5 Å². The fraction of sp³-hybridized carbons (Fsp3) is 0.429. The molecule has 0 spiro atoms. The van der Waals surface area contributed by atoms with Gasteiger partial charge in [-0.1, -0.05) is 17.7 Å². The molecule has 2 atom stereocenters. The van der Waals surface area contributed by atoms with E-state index in [4.69, 9.17) is 11.6 Å². The molecule has 7 heteroatoms. The second kappa shape index (κ2) is 7.25. The molecule has 2 aliphatic rings. The lowest BCUT2D eigenvalue weighted by Gasteiger charge is -2.38. The summed E-state index contributed by atoms with van der Waals surface area (Å²) >= 11 is 6.18. The number of benzene rings is 2. The number of aryl methyl sites for hydroxylation is 1. The van der Waals surface area contributed by atoms with Gasteiger partial charge in [-0.25, -0.2) is 8.42 Å². The van der Waals surface area contributed by atoms with Crippen LogP contribution in [0, 0.1) is 0 Å². The number of halogens is 1. The number of phenolic OH excluding ortho intramolecular Hbond substituents is 1. The van der Waals surface area contributed by atoms with Gasteiger partial charge in [-0.3, -0.25) is 4.72 Å². The molecule has 150 valence electrons. The highest BCUT2D eigenvalue weighted by molar-refractivity contribution is 7.92. The van der Waals surface area contributed by atoms with Crippen LogP contribution in [0.3, 0.4) is 0 Å². The highest BCUT2D eigenvalue weighted by Crippen LogP contribution is 2.45. The van der Waals surface area contributed by atoms with E-state index >= 15 is 0 Å². The van der Waals surface area contributed by atoms with Crippen molar-refractivity contribution in [3.63, 3.8) is 0 Å². The number of hydrogen-bond donors (Lipinski definition) is 2. The van der Waals surface area contributed by atoms with E-state index in [2.05, 4.69) is 16.7 Å². The monoisotopic (exact) mass is 420 g/mol. The Morgan fingerprint density at radius 3 is 2.68 bits per heavy atom. The molecule has 2 aromatic carbocycles. The predicted octanol–water partition coefficient (Wildman–Crippen LogP) is 3.74. The summed E-state index contributed by atoms with van der Waals surface area (Å²) in [5.74, 6) is 0.293. The molecular weight excluding hydrogens is 396 g/mol. The van der Waals surface area contributed by atoms with Gasteiger partial charge in [0.1, 0.15) is 5.75 Å². The quantitative estimate of drug-likeness (QED) is 0.793. The molecule has 0 amide bonds. The number of nitrogens with zero attached hydrogens (tertiary/aromatic N) is 1. The molecule has 28 heavy (non-hydrogen) atoms. The summed E-state index contributed by atoms with van der Waals surface area (Å²) in [5.41, 5.74) is 5.27. The number of sulfonamides is 1. The van der Waals surface area contributed by atoms with Crippen molar-refractivity contribution in [2.45, 2.75) is 38.1 Å². The Morgan fingerprint density at radius 2 is 1.93 bits per heavy atom. The van der Waals surface area contributed by atoms with Crippen LogP contribution in [-0.2, 0) is 22.9 Å². The Morgan fingerprint density at radius 1 is 1.18 bits per heavy atom. The van der Waals surface area contributed by atoms with Gasteiger partial charge in [-0.15, -0.1) is 0 Å². The second-order valence-electron chi connectivity index (χ2n) is 7.74. The second-order valence-corrected chi connectivity index (χ2v) is 10.2. The van der Waals surface area contributed by atoms with Gasteiger partial charge in [0.05, 0.1) is 10.8 Å². The van der Waals surface area contributed by atoms with Gasteiger partial charge in [-0.2, -0.15) is 0 Å². The molecule has 0 fully saturated rings. The van der Waals surface area contributed by atoms with Gasteiger partial charge in [0, 0.05) is 24.2 Å². The normalized spacial score (nSPS) is 22.0. The third-order valence-electron chi connectivity index (χ3n) is 6.07. The van der Waals surface area contributed by atoms with Crippen molar-refractivity contribution >= 4 is 27.3 Å². The smallest absolute Gasteiger partial charge is 0.232 e. The number of anilines is 1. The van der Waals surface area contributed by atoms with Crippen LogP contribution in [-0.4, -0.2) is 43.8 Å². The zero-order chi connectivity index (χ0) is 20.1. The molecule has 0 saturated heterocycles. The van der Waals surface area contributed by atoms with Gasteiger partial charge < -0.3 is 10.0 Å². The summed E-state index contributed by atoms with van der Waals surface area (Å²) < 4.78 is 26.5. The molecule has 0 radical (unpaired) electrons. The molecule has 1 aliphatic carbocycles. The standard InChI is InChI=1S/C21H25ClN2O3S/c1-3-28(26,27)23-15-5-6-16-13(10-15)4-7-19-21(16)17-12-20(25)18(22)11-14(17)8-9-24(19)2/h5-6,10-12,19,21,23,25H,3-4,7-9H2,1-2H3. The molecule has 1 heterocycles. The Bertz CT molecular complexity index is 1020. The maximum atomic E-state index is 11.9. The van der Waals surface area contributed by atoms with Crippen molar-refractivity contribution in [1.82, 2.24) is 4.90 Å². The van der Waals surface area contributed by atoms with E-state index in [1.165, 1.54) is 11.1 Å². The van der Waals surface area contributed by atoms with E-state index < -0.39 is 10.0 Å². The third kappa shape index (κ3) is 3.49. The summed E-state index contributed by atoms with van der Waals surface area (Å²) in [6.07, 6.45) is 2.78. The molecule has 5 nitrogen and oxygen atoms in total. The average molecular weight is 421 g/mol. The number of likely N-dealkylation sites (N-methyl/N-ethyl adjacent to an activating group) is 1. The summed E-state index contributed by atoms with van der Waals surface area (Å²) in [6, 6.07) is 9.88. The Kier molecular flexibility index (Phi) is 5.06. The van der Waals surface area contributed by atoms with Crippen molar-refractivity contribution in [2.75, 3.05) is 24.1 Å². The molecule has 4 rings (SSSR count). The number of aromatic hydroxyl groups is 1. The minimum atomic E-state index is -3.30.